The highest BCUT2D eigenvalue weighted by Crippen LogP contribution is 2.45. The van der Waals surface area contributed by atoms with Crippen molar-refractivity contribution in [2.45, 2.75) is 84.1 Å². The van der Waals surface area contributed by atoms with Gasteiger partial charge in [-0.3, -0.25) is 0 Å². The van der Waals surface area contributed by atoms with Gasteiger partial charge in [0.05, 0.1) is 0 Å². The molecule has 0 spiro atoms. The Morgan fingerprint density at radius 3 is 2.55 bits per heavy atom. The maximum atomic E-state index is 3.84. The van der Waals surface area contributed by atoms with Crippen molar-refractivity contribution < 1.29 is 0 Å². The van der Waals surface area contributed by atoms with Gasteiger partial charge in [0.25, 0.3) is 0 Å². The fourth-order valence-corrected chi connectivity index (χ4v) is 5.02. The Morgan fingerprint density at radius 2 is 1.80 bits per heavy atom. The fourth-order valence-electron chi connectivity index (χ4n) is 5.02. The molecule has 5 unspecified atom stereocenters. The van der Waals surface area contributed by atoms with E-state index in [1.807, 2.05) is 0 Å². The van der Waals surface area contributed by atoms with Crippen molar-refractivity contribution in [3.8, 4) is 0 Å². The third-order valence-corrected chi connectivity index (χ3v) is 6.56. The van der Waals surface area contributed by atoms with Crippen LogP contribution in [0.5, 0.6) is 0 Å². The average molecular weight is 277 g/mol. The van der Waals surface area contributed by atoms with Gasteiger partial charge in [0, 0.05) is 6.04 Å². The molecule has 0 saturated heterocycles. The summed E-state index contributed by atoms with van der Waals surface area (Å²) in [6.07, 6.45) is 14.9. The van der Waals surface area contributed by atoms with E-state index in [1.54, 1.807) is 6.42 Å². The summed E-state index contributed by atoms with van der Waals surface area (Å²) in [5.41, 5.74) is 0. The van der Waals surface area contributed by atoms with Gasteiger partial charge in [0.2, 0.25) is 0 Å². The monoisotopic (exact) mass is 277 g/mol. The summed E-state index contributed by atoms with van der Waals surface area (Å²) < 4.78 is 0. The molecule has 0 heterocycles. The van der Waals surface area contributed by atoms with Crippen LogP contribution in [0, 0.1) is 29.6 Å². The molecule has 5 atom stereocenters. The highest BCUT2D eigenvalue weighted by atomic mass is 14.9. The Labute approximate surface area is 126 Å². The quantitative estimate of drug-likeness (QED) is 0.745. The molecule has 1 heteroatoms. The normalized spacial score (nSPS) is 42.6. The Balaban J connectivity index is 1.58. The Bertz CT molecular complexity index is 296. The molecule has 0 aromatic carbocycles. The van der Waals surface area contributed by atoms with Crippen molar-refractivity contribution in [1.29, 1.82) is 0 Å². The lowest BCUT2D eigenvalue weighted by Gasteiger charge is -2.43. The summed E-state index contributed by atoms with van der Waals surface area (Å²) in [4.78, 5) is 0. The molecule has 3 aliphatic carbocycles. The third kappa shape index (κ3) is 3.78. The minimum Gasteiger partial charge on any atom is -0.314 e. The molecule has 3 aliphatic rings. The van der Waals surface area contributed by atoms with E-state index in [-0.39, 0.29) is 0 Å². The number of hydrogen-bond acceptors (Lipinski definition) is 1. The van der Waals surface area contributed by atoms with Crippen LogP contribution in [0.3, 0.4) is 0 Å². The highest BCUT2D eigenvalue weighted by Gasteiger charge is 2.36. The summed E-state index contributed by atoms with van der Waals surface area (Å²) in [6, 6.07) is 0.893. The zero-order chi connectivity index (χ0) is 13.9. The summed E-state index contributed by atoms with van der Waals surface area (Å²) in [5.74, 6) is 5.12. The van der Waals surface area contributed by atoms with Crippen LogP contribution >= 0.6 is 0 Å². The van der Waals surface area contributed by atoms with Gasteiger partial charge in [0.15, 0.2) is 0 Å². The van der Waals surface area contributed by atoms with Crippen molar-refractivity contribution in [1.82, 2.24) is 5.32 Å². The molecule has 0 aromatic heterocycles. The van der Waals surface area contributed by atoms with Crippen LogP contribution in [-0.2, 0) is 0 Å². The summed E-state index contributed by atoms with van der Waals surface area (Å²) >= 11 is 0. The van der Waals surface area contributed by atoms with Crippen molar-refractivity contribution in [2.75, 3.05) is 6.54 Å². The van der Waals surface area contributed by atoms with Gasteiger partial charge in [0.1, 0.15) is 0 Å². The second kappa shape index (κ2) is 6.81. The van der Waals surface area contributed by atoms with Gasteiger partial charge in [-0.1, -0.05) is 46.0 Å². The van der Waals surface area contributed by atoms with Gasteiger partial charge in [-0.25, -0.2) is 0 Å². The molecule has 20 heavy (non-hydrogen) atoms. The lowest BCUT2D eigenvalue weighted by atomic mass is 9.64. The van der Waals surface area contributed by atoms with Gasteiger partial charge >= 0.3 is 0 Å². The van der Waals surface area contributed by atoms with Crippen LogP contribution in [0.2, 0.25) is 0 Å². The van der Waals surface area contributed by atoms with E-state index in [9.17, 15) is 0 Å². The number of nitrogens with one attached hydrogen (secondary N) is 1. The summed E-state index contributed by atoms with van der Waals surface area (Å²) in [7, 11) is 0. The predicted octanol–water partition coefficient (Wildman–Crippen LogP) is 5.01. The lowest BCUT2D eigenvalue weighted by Crippen LogP contribution is -2.38. The molecule has 0 bridgehead atoms. The van der Waals surface area contributed by atoms with Gasteiger partial charge < -0.3 is 5.32 Å². The maximum absolute atomic E-state index is 3.84. The molecule has 0 radical (unpaired) electrons. The molecular weight excluding hydrogens is 242 g/mol. The van der Waals surface area contributed by atoms with E-state index in [1.165, 1.54) is 64.3 Å². The first-order chi connectivity index (χ1) is 9.76. The van der Waals surface area contributed by atoms with E-state index in [0.29, 0.717) is 0 Å². The Morgan fingerprint density at radius 1 is 0.950 bits per heavy atom. The minimum atomic E-state index is 0.893. The van der Waals surface area contributed by atoms with Crippen molar-refractivity contribution in [3.05, 3.63) is 0 Å². The first-order valence-electron chi connectivity index (χ1n) is 9.49. The van der Waals surface area contributed by atoms with Crippen molar-refractivity contribution in [3.63, 3.8) is 0 Å². The van der Waals surface area contributed by atoms with E-state index >= 15 is 0 Å². The van der Waals surface area contributed by atoms with Crippen LogP contribution in [0.15, 0.2) is 0 Å². The van der Waals surface area contributed by atoms with Crippen molar-refractivity contribution >= 4 is 0 Å². The first-order valence-corrected chi connectivity index (χ1v) is 9.49. The highest BCUT2D eigenvalue weighted by molar-refractivity contribution is 4.89. The lowest BCUT2D eigenvalue weighted by molar-refractivity contribution is 0.0827. The molecule has 0 amide bonds. The van der Waals surface area contributed by atoms with E-state index in [2.05, 4.69) is 19.2 Å². The van der Waals surface area contributed by atoms with Crippen LogP contribution in [0.4, 0.5) is 0 Å². The molecule has 3 rings (SSSR count). The van der Waals surface area contributed by atoms with Gasteiger partial charge in [-0.15, -0.1) is 0 Å². The molecule has 0 aromatic rings. The van der Waals surface area contributed by atoms with Gasteiger partial charge in [-0.2, -0.15) is 0 Å². The van der Waals surface area contributed by atoms with E-state index in [0.717, 1.165) is 35.6 Å². The Hall–Kier alpha value is -0.0400. The topological polar surface area (TPSA) is 12.0 Å². The summed E-state index contributed by atoms with van der Waals surface area (Å²) in [5, 5.41) is 3.84. The SMILES string of the molecule is CCC1CCCC(C2CC(C)CCC2CNC2CC2)C1. The van der Waals surface area contributed by atoms with Crippen molar-refractivity contribution in [2.24, 2.45) is 29.6 Å². The Kier molecular flexibility index (Phi) is 5.07. The second-order valence-electron chi connectivity index (χ2n) is 8.23. The predicted molar refractivity (Wildman–Crippen MR) is 86.8 cm³/mol. The molecule has 116 valence electrons. The van der Waals surface area contributed by atoms with Crippen LogP contribution in [-0.4, -0.2) is 12.6 Å². The van der Waals surface area contributed by atoms with E-state index in [4.69, 9.17) is 0 Å². The van der Waals surface area contributed by atoms with Crippen LogP contribution in [0.1, 0.15) is 78.1 Å². The number of hydrogen-bond donors (Lipinski definition) is 1. The molecule has 3 fully saturated rings. The largest absolute Gasteiger partial charge is 0.314 e. The first kappa shape index (κ1) is 14.9. The minimum absolute atomic E-state index is 0.893. The smallest absolute Gasteiger partial charge is 0.00683 e. The van der Waals surface area contributed by atoms with E-state index < -0.39 is 0 Å². The second-order valence-corrected chi connectivity index (χ2v) is 8.23. The van der Waals surface area contributed by atoms with Crippen LogP contribution in [0.25, 0.3) is 0 Å². The molecule has 0 aliphatic heterocycles. The number of rotatable bonds is 5. The summed E-state index contributed by atoms with van der Waals surface area (Å²) in [6.45, 7) is 6.23. The van der Waals surface area contributed by atoms with Gasteiger partial charge in [-0.05, 0) is 68.2 Å². The third-order valence-electron chi connectivity index (χ3n) is 6.56. The standard InChI is InChI=1S/C19H35N/c1-3-15-5-4-6-16(12-15)19-11-14(2)7-8-17(19)13-20-18-9-10-18/h14-20H,3-13H2,1-2H3. The zero-order valence-electron chi connectivity index (χ0n) is 13.7. The molecular formula is C19H35N. The molecule has 1 N–H and O–H groups in total. The molecule has 1 nitrogen and oxygen atoms in total. The molecule has 3 saturated carbocycles. The average Bonchev–Trinajstić information content (AvgIpc) is 3.30. The fraction of sp³-hybridized carbons (Fsp3) is 1.00. The maximum Gasteiger partial charge on any atom is 0.00683 e. The zero-order valence-corrected chi connectivity index (χ0v) is 13.7. The van der Waals surface area contributed by atoms with Crippen LogP contribution < -0.4 is 5.32 Å².